The maximum absolute atomic E-state index is 5.66. The van der Waals surface area contributed by atoms with E-state index in [-0.39, 0.29) is 0 Å². The van der Waals surface area contributed by atoms with Crippen LogP contribution in [0.4, 0.5) is 5.82 Å². The number of ether oxygens (including phenoxy) is 1. The quantitative estimate of drug-likeness (QED) is 0.661. The van der Waals surface area contributed by atoms with Gasteiger partial charge in [-0.25, -0.2) is 0 Å². The lowest BCUT2D eigenvalue weighted by Crippen LogP contribution is -2.47. The molecule has 1 aliphatic rings. The molecule has 0 aromatic carbocycles. The van der Waals surface area contributed by atoms with E-state index in [9.17, 15) is 0 Å². The third kappa shape index (κ3) is 3.66. The lowest BCUT2D eigenvalue weighted by Gasteiger charge is -2.35. The number of hydrogen-bond acceptors (Lipinski definition) is 8. The van der Waals surface area contributed by atoms with E-state index >= 15 is 0 Å². The minimum absolute atomic E-state index is 0.579. The summed E-state index contributed by atoms with van der Waals surface area (Å²) >= 11 is 0. The second-order valence-corrected chi connectivity index (χ2v) is 6.02. The van der Waals surface area contributed by atoms with Gasteiger partial charge in [0.25, 0.3) is 0 Å². The second kappa shape index (κ2) is 6.98. The predicted octanol–water partition coefficient (Wildman–Crippen LogP) is 0.424. The summed E-state index contributed by atoms with van der Waals surface area (Å²) in [6.07, 6.45) is 1.63. The predicted molar refractivity (Wildman–Crippen MR) is 91.7 cm³/mol. The summed E-state index contributed by atoms with van der Waals surface area (Å²) in [6, 6.07) is 7.70. The van der Waals surface area contributed by atoms with Gasteiger partial charge < -0.3 is 9.64 Å². The Hall–Kier alpha value is -2.81. The molecular formula is C16H20N8O. The molecule has 1 saturated heterocycles. The molecule has 0 aliphatic carbocycles. The van der Waals surface area contributed by atoms with E-state index in [1.807, 2.05) is 31.2 Å². The van der Waals surface area contributed by atoms with Crippen molar-refractivity contribution in [2.45, 2.75) is 6.92 Å². The molecule has 0 spiro atoms. The highest BCUT2D eigenvalue weighted by Crippen LogP contribution is 2.14. The fourth-order valence-electron chi connectivity index (χ4n) is 2.83. The number of fused-ring (bicyclic) bond motifs is 1. The molecular weight excluding hydrogens is 320 g/mol. The van der Waals surface area contributed by atoms with Crippen LogP contribution in [0.2, 0.25) is 0 Å². The molecule has 0 saturated carbocycles. The average Bonchev–Trinajstić information content (AvgIpc) is 3.12. The molecule has 1 aliphatic heterocycles. The zero-order chi connectivity index (χ0) is 17.1. The van der Waals surface area contributed by atoms with Crippen molar-refractivity contribution in [3.63, 3.8) is 0 Å². The minimum Gasteiger partial charge on any atom is -0.475 e. The van der Waals surface area contributed by atoms with Crippen LogP contribution >= 0.6 is 0 Å². The molecule has 0 bridgehead atoms. The molecule has 4 rings (SSSR count). The summed E-state index contributed by atoms with van der Waals surface area (Å²) in [5, 5.41) is 20.4. The Morgan fingerprint density at radius 1 is 1.00 bits per heavy atom. The van der Waals surface area contributed by atoms with Crippen LogP contribution in [0.1, 0.15) is 5.69 Å². The number of aryl methyl sites for hydroxylation is 1. The molecule has 25 heavy (non-hydrogen) atoms. The molecule has 130 valence electrons. The van der Waals surface area contributed by atoms with E-state index in [2.05, 4.69) is 35.3 Å². The maximum Gasteiger partial charge on any atom is 0.233 e. The zero-order valence-electron chi connectivity index (χ0n) is 14.1. The van der Waals surface area contributed by atoms with E-state index in [0.717, 1.165) is 49.9 Å². The van der Waals surface area contributed by atoms with Crippen LogP contribution in [-0.2, 0) is 0 Å². The van der Waals surface area contributed by atoms with Gasteiger partial charge in [0.2, 0.25) is 5.88 Å². The molecule has 3 aromatic rings. The molecule has 0 amide bonds. The Morgan fingerprint density at radius 3 is 2.68 bits per heavy atom. The van der Waals surface area contributed by atoms with Crippen LogP contribution in [0, 0.1) is 6.92 Å². The van der Waals surface area contributed by atoms with Gasteiger partial charge in [-0.15, -0.1) is 20.4 Å². The van der Waals surface area contributed by atoms with Gasteiger partial charge in [-0.1, -0.05) is 0 Å². The molecule has 0 unspecified atom stereocenters. The summed E-state index contributed by atoms with van der Waals surface area (Å²) in [4.78, 5) is 4.66. The Kier molecular flexibility index (Phi) is 4.38. The average molecular weight is 340 g/mol. The van der Waals surface area contributed by atoms with Gasteiger partial charge in [-0.3, -0.25) is 4.90 Å². The molecule has 3 aromatic heterocycles. The van der Waals surface area contributed by atoms with Crippen molar-refractivity contribution >= 4 is 11.5 Å². The van der Waals surface area contributed by atoms with Gasteiger partial charge in [0, 0.05) is 38.8 Å². The molecule has 4 heterocycles. The van der Waals surface area contributed by atoms with Crippen molar-refractivity contribution in [3.8, 4) is 5.88 Å². The number of anilines is 1. The highest BCUT2D eigenvalue weighted by molar-refractivity contribution is 5.45. The molecule has 1 fully saturated rings. The van der Waals surface area contributed by atoms with Gasteiger partial charge in [-0.2, -0.15) is 9.61 Å². The first-order valence-corrected chi connectivity index (χ1v) is 8.35. The third-order valence-electron chi connectivity index (χ3n) is 4.27. The fraction of sp³-hybridized carbons (Fsp3) is 0.438. The summed E-state index contributed by atoms with van der Waals surface area (Å²) in [5.74, 6) is 1.54. The standard InChI is InChI=1S/C16H20N8O/c1-13-2-5-16(20-18-13)25-11-10-22-6-8-23(9-7-22)15-4-3-14-19-17-12-24(14)21-15/h2-5,12H,6-11H2,1H3. The van der Waals surface area contributed by atoms with Gasteiger partial charge in [-0.05, 0) is 25.1 Å². The van der Waals surface area contributed by atoms with E-state index in [4.69, 9.17) is 4.74 Å². The van der Waals surface area contributed by atoms with E-state index in [0.29, 0.717) is 12.5 Å². The van der Waals surface area contributed by atoms with Crippen molar-refractivity contribution < 1.29 is 4.74 Å². The lowest BCUT2D eigenvalue weighted by molar-refractivity contribution is 0.195. The molecule has 0 radical (unpaired) electrons. The number of aromatic nitrogens is 6. The molecule has 9 heteroatoms. The Bertz CT molecular complexity index is 826. The van der Waals surface area contributed by atoms with Crippen LogP contribution in [0.25, 0.3) is 5.65 Å². The first kappa shape index (κ1) is 15.7. The number of rotatable bonds is 5. The van der Waals surface area contributed by atoms with Crippen molar-refractivity contribution in [2.24, 2.45) is 0 Å². The van der Waals surface area contributed by atoms with Crippen molar-refractivity contribution in [1.82, 2.24) is 34.9 Å². The fourth-order valence-corrected chi connectivity index (χ4v) is 2.83. The number of hydrogen-bond donors (Lipinski definition) is 0. The van der Waals surface area contributed by atoms with Crippen LogP contribution in [0.15, 0.2) is 30.6 Å². The van der Waals surface area contributed by atoms with Crippen molar-refractivity contribution in [3.05, 3.63) is 36.3 Å². The van der Waals surface area contributed by atoms with Crippen molar-refractivity contribution in [1.29, 1.82) is 0 Å². The summed E-state index contributed by atoms with van der Waals surface area (Å²) in [5.41, 5.74) is 1.65. The highest BCUT2D eigenvalue weighted by atomic mass is 16.5. The van der Waals surface area contributed by atoms with E-state index < -0.39 is 0 Å². The smallest absolute Gasteiger partial charge is 0.233 e. The topological polar surface area (TPSA) is 84.6 Å². The number of nitrogens with zero attached hydrogens (tertiary/aromatic N) is 8. The minimum atomic E-state index is 0.579. The Morgan fingerprint density at radius 2 is 1.88 bits per heavy atom. The highest BCUT2D eigenvalue weighted by Gasteiger charge is 2.18. The summed E-state index contributed by atoms with van der Waals surface area (Å²) in [6.45, 7) is 7.22. The van der Waals surface area contributed by atoms with Crippen molar-refractivity contribution in [2.75, 3.05) is 44.2 Å². The second-order valence-electron chi connectivity index (χ2n) is 6.02. The summed E-state index contributed by atoms with van der Waals surface area (Å²) in [7, 11) is 0. The van der Waals surface area contributed by atoms with Crippen LogP contribution in [0.3, 0.4) is 0 Å². The van der Waals surface area contributed by atoms with Gasteiger partial charge in [0.1, 0.15) is 18.8 Å². The van der Waals surface area contributed by atoms with E-state index in [1.54, 1.807) is 10.8 Å². The van der Waals surface area contributed by atoms with Gasteiger partial charge in [0.15, 0.2) is 5.65 Å². The van der Waals surface area contributed by atoms with Crippen LogP contribution in [0.5, 0.6) is 5.88 Å². The molecule has 0 N–H and O–H groups in total. The third-order valence-corrected chi connectivity index (χ3v) is 4.27. The first-order chi connectivity index (χ1) is 12.3. The Balaban J connectivity index is 1.25. The van der Waals surface area contributed by atoms with E-state index in [1.165, 1.54) is 0 Å². The van der Waals surface area contributed by atoms with Gasteiger partial charge >= 0.3 is 0 Å². The largest absolute Gasteiger partial charge is 0.475 e. The van der Waals surface area contributed by atoms with Crippen LogP contribution in [-0.4, -0.2) is 74.2 Å². The molecule has 9 nitrogen and oxygen atoms in total. The zero-order valence-corrected chi connectivity index (χ0v) is 14.1. The molecule has 0 atom stereocenters. The van der Waals surface area contributed by atoms with Crippen LogP contribution < -0.4 is 9.64 Å². The SMILES string of the molecule is Cc1ccc(OCCN2CCN(c3ccc4nncn4n3)CC2)nn1. The summed E-state index contributed by atoms with van der Waals surface area (Å²) < 4.78 is 7.36. The maximum atomic E-state index is 5.66. The van der Waals surface area contributed by atoms with Gasteiger partial charge in [0.05, 0.1) is 5.69 Å². The lowest BCUT2D eigenvalue weighted by atomic mass is 10.3. The monoisotopic (exact) mass is 340 g/mol. The number of piperazine rings is 1. The normalized spacial score (nSPS) is 15.6. The first-order valence-electron chi connectivity index (χ1n) is 8.35. The Labute approximate surface area is 145 Å².